The molecular weight excluding hydrogens is 310 g/mol. The van der Waals surface area contributed by atoms with Crippen LogP contribution in [0.25, 0.3) is 0 Å². The number of nitrogens with one attached hydrogen (secondary N) is 1. The van der Waals surface area contributed by atoms with Crippen LogP contribution in [-0.2, 0) is 6.42 Å². The first kappa shape index (κ1) is 15.4. The van der Waals surface area contributed by atoms with Gasteiger partial charge in [0.15, 0.2) is 0 Å². The molecule has 3 aromatic rings. The first-order valence-corrected chi connectivity index (χ1v) is 8.39. The molecule has 0 aliphatic carbocycles. The summed E-state index contributed by atoms with van der Waals surface area (Å²) in [5.41, 5.74) is 5.79. The van der Waals surface area contributed by atoms with E-state index in [0.29, 0.717) is 12.1 Å². The monoisotopic (exact) mass is 329 g/mol. The molecule has 0 bridgehead atoms. The molecule has 4 rings (SSSR count). The van der Waals surface area contributed by atoms with Crippen LogP contribution in [-0.4, -0.2) is 17.4 Å². The number of amides is 1. The molecule has 0 fully saturated rings. The molecule has 1 aliphatic rings. The van der Waals surface area contributed by atoms with Crippen LogP contribution in [0.2, 0.25) is 0 Å². The lowest BCUT2D eigenvalue weighted by atomic mass is 10.1. The van der Waals surface area contributed by atoms with Crippen molar-refractivity contribution in [3.63, 3.8) is 0 Å². The van der Waals surface area contributed by atoms with Crippen molar-refractivity contribution in [2.45, 2.75) is 13.3 Å². The predicted octanol–water partition coefficient (Wildman–Crippen LogP) is 4.34. The fraction of sp³-hybridized carbons (Fsp3) is 0.143. The van der Waals surface area contributed by atoms with Crippen molar-refractivity contribution in [3.8, 4) is 0 Å². The second-order valence-electron chi connectivity index (χ2n) is 6.29. The third kappa shape index (κ3) is 3.11. The summed E-state index contributed by atoms with van der Waals surface area (Å²) in [5.74, 6) is -0.00894. The fourth-order valence-corrected chi connectivity index (χ4v) is 3.22. The molecule has 0 saturated carbocycles. The highest BCUT2D eigenvalue weighted by molar-refractivity contribution is 6.07. The quantitative estimate of drug-likeness (QED) is 0.777. The number of fused-ring (bicyclic) bond motifs is 1. The van der Waals surface area contributed by atoms with Gasteiger partial charge in [0.2, 0.25) is 0 Å². The number of hydrogen-bond acceptors (Lipinski definition) is 3. The summed E-state index contributed by atoms with van der Waals surface area (Å²) >= 11 is 0. The predicted molar refractivity (Wildman–Crippen MR) is 101 cm³/mol. The summed E-state index contributed by atoms with van der Waals surface area (Å²) < 4.78 is 0. The largest absolute Gasteiger partial charge is 0.354 e. The Morgan fingerprint density at radius 3 is 2.80 bits per heavy atom. The van der Waals surface area contributed by atoms with Gasteiger partial charge >= 0.3 is 0 Å². The van der Waals surface area contributed by atoms with Gasteiger partial charge in [-0.3, -0.25) is 9.78 Å². The lowest BCUT2D eigenvalue weighted by molar-refractivity contribution is 0.0989. The Kier molecular flexibility index (Phi) is 3.94. The number of hydrogen-bond donors (Lipinski definition) is 1. The van der Waals surface area contributed by atoms with E-state index in [1.807, 2.05) is 54.3 Å². The van der Waals surface area contributed by atoms with E-state index in [2.05, 4.69) is 22.4 Å². The summed E-state index contributed by atoms with van der Waals surface area (Å²) in [6, 6.07) is 18.0. The molecule has 4 nitrogen and oxygen atoms in total. The van der Waals surface area contributed by atoms with Crippen LogP contribution in [0.5, 0.6) is 0 Å². The number of aromatic nitrogens is 1. The van der Waals surface area contributed by atoms with Crippen molar-refractivity contribution in [2.24, 2.45) is 0 Å². The highest BCUT2D eigenvalue weighted by Gasteiger charge is 2.25. The third-order valence-corrected chi connectivity index (χ3v) is 4.42. The maximum absolute atomic E-state index is 12.9. The van der Waals surface area contributed by atoms with Crippen LogP contribution in [0.4, 0.5) is 17.1 Å². The molecule has 0 radical (unpaired) electrons. The van der Waals surface area contributed by atoms with Crippen LogP contribution in [0, 0.1) is 6.92 Å². The van der Waals surface area contributed by atoms with E-state index in [4.69, 9.17) is 0 Å². The van der Waals surface area contributed by atoms with E-state index in [0.717, 1.165) is 23.5 Å². The van der Waals surface area contributed by atoms with Gasteiger partial charge in [-0.25, -0.2) is 0 Å². The van der Waals surface area contributed by atoms with Gasteiger partial charge in [0.25, 0.3) is 5.91 Å². The second-order valence-corrected chi connectivity index (χ2v) is 6.29. The number of nitrogens with zero attached hydrogens (tertiary/aromatic N) is 2. The van der Waals surface area contributed by atoms with Gasteiger partial charge < -0.3 is 10.2 Å². The Morgan fingerprint density at radius 1 is 1.04 bits per heavy atom. The second kappa shape index (κ2) is 6.40. The van der Waals surface area contributed by atoms with Gasteiger partial charge in [0.05, 0.1) is 17.4 Å². The highest BCUT2D eigenvalue weighted by atomic mass is 16.2. The molecule has 124 valence electrons. The van der Waals surface area contributed by atoms with Crippen molar-refractivity contribution in [1.82, 2.24) is 4.98 Å². The van der Waals surface area contributed by atoms with Gasteiger partial charge in [-0.15, -0.1) is 0 Å². The number of benzene rings is 2. The van der Waals surface area contributed by atoms with E-state index < -0.39 is 0 Å². The highest BCUT2D eigenvalue weighted by Crippen LogP contribution is 2.29. The Labute approximate surface area is 147 Å². The SMILES string of the molecule is Cc1cccc(Nc2cncc(C(=O)N3CCc4ccccc43)c2)c1. The normalized spacial score (nSPS) is 12.8. The first-order valence-electron chi connectivity index (χ1n) is 8.39. The summed E-state index contributed by atoms with van der Waals surface area (Å²) in [6.07, 6.45) is 4.26. The molecule has 2 heterocycles. The first-order chi connectivity index (χ1) is 12.2. The Hall–Kier alpha value is -3.14. The average Bonchev–Trinajstić information content (AvgIpc) is 3.05. The number of carbonyl (C=O) groups is 1. The summed E-state index contributed by atoms with van der Waals surface area (Å²) in [4.78, 5) is 19.0. The number of carbonyl (C=O) groups excluding carboxylic acids is 1. The van der Waals surface area contributed by atoms with Crippen LogP contribution >= 0.6 is 0 Å². The van der Waals surface area contributed by atoms with E-state index in [1.165, 1.54) is 11.1 Å². The van der Waals surface area contributed by atoms with Crippen molar-refractivity contribution in [3.05, 3.63) is 83.7 Å². The minimum absolute atomic E-state index is 0.00894. The lowest BCUT2D eigenvalue weighted by Gasteiger charge is -2.17. The molecule has 1 N–H and O–H groups in total. The zero-order valence-electron chi connectivity index (χ0n) is 14.1. The molecule has 0 saturated heterocycles. The Balaban J connectivity index is 1.58. The number of anilines is 3. The zero-order valence-corrected chi connectivity index (χ0v) is 14.1. The summed E-state index contributed by atoms with van der Waals surface area (Å²) in [5, 5.41) is 3.32. The zero-order chi connectivity index (χ0) is 17.2. The van der Waals surface area contributed by atoms with Gasteiger partial charge in [-0.1, -0.05) is 30.3 Å². The number of para-hydroxylation sites is 1. The van der Waals surface area contributed by atoms with Crippen LogP contribution in [0.3, 0.4) is 0 Å². The standard InChI is InChI=1S/C21H19N3O/c1-15-5-4-7-18(11-15)23-19-12-17(13-22-14-19)21(25)24-10-9-16-6-2-3-8-20(16)24/h2-8,11-14,23H,9-10H2,1H3. The van der Waals surface area contributed by atoms with E-state index in [1.54, 1.807) is 12.4 Å². The van der Waals surface area contributed by atoms with E-state index in [9.17, 15) is 4.79 Å². The van der Waals surface area contributed by atoms with Gasteiger partial charge in [-0.05, 0) is 48.7 Å². The van der Waals surface area contributed by atoms with Crippen LogP contribution in [0.15, 0.2) is 67.0 Å². The Morgan fingerprint density at radius 2 is 1.92 bits per heavy atom. The number of pyridine rings is 1. The molecule has 0 unspecified atom stereocenters. The maximum atomic E-state index is 12.9. The summed E-state index contributed by atoms with van der Waals surface area (Å²) in [6.45, 7) is 2.77. The molecule has 0 atom stereocenters. The van der Waals surface area contributed by atoms with Crippen LogP contribution in [0.1, 0.15) is 21.5 Å². The average molecular weight is 329 g/mol. The van der Waals surface area contributed by atoms with Gasteiger partial charge in [-0.2, -0.15) is 0 Å². The molecule has 0 spiro atoms. The molecule has 1 aromatic heterocycles. The van der Waals surface area contributed by atoms with E-state index in [-0.39, 0.29) is 5.91 Å². The van der Waals surface area contributed by atoms with Crippen LogP contribution < -0.4 is 10.2 Å². The van der Waals surface area contributed by atoms with Crippen molar-refractivity contribution in [1.29, 1.82) is 0 Å². The van der Waals surface area contributed by atoms with Gasteiger partial charge in [0.1, 0.15) is 0 Å². The molecule has 4 heteroatoms. The maximum Gasteiger partial charge on any atom is 0.259 e. The number of aryl methyl sites for hydroxylation is 1. The minimum Gasteiger partial charge on any atom is -0.354 e. The number of rotatable bonds is 3. The molecule has 1 amide bonds. The Bertz CT molecular complexity index is 936. The van der Waals surface area contributed by atoms with Gasteiger partial charge in [0, 0.05) is 24.1 Å². The summed E-state index contributed by atoms with van der Waals surface area (Å²) in [7, 11) is 0. The van der Waals surface area contributed by atoms with Crippen molar-refractivity contribution < 1.29 is 4.79 Å². The molecular formula is C21H19N3O. The smallest absolute Gasteiger partial charge is 0.259 e. The molecule has 2 aromatic carbocycles. The van der Waals surface area contributed by atoms with E-state index >= 15 is 0 Å². The third-order valence-electron chi connectivity index (χ3n) is 4.42. The van der Waals surface area contributed by atoms with Crippen molar-refractivity contribution >= 4 is 23.0 Å². The topological polar surface area (TPSA) is 45.2 Å². The molecule has 1 aliphatic heterocycles. The lowest BCUT2D eigenvalue weighted by Crippen LogP contribution is -2.29. The van der Waals surface area contributed by atoms with Crippen molar-refractivity contribution in [2.75, 3.05) is 16.8 Å². The minimum atomic E-state index is -0.00894. The fourth-order valence-electron chi connectivity index (χ4n) is 3.22. The molecule has 25 heavy (non-hydrogen) atoms.